The number of nitrogens with zero attached hydrogens (tertiary/aromatic N) is 2. The third-order valence-electron chi connectivity index (χ3n) is 17.2. The zero-order chi connectivity index (χ0) is 57.5. The van der Waals surface area contributed by atoms with Crippen LogP contribution >= 0.6 is 46.4 Å². The lowest BCUT2D eigenvalue weighted by atomic mass is 9.85. The van der Waals surface area contributed by atoms with Crippen molar-refractivity contribution in [1.29, 1.82) is 0 Å². The summed E-state index contributed by atoms with van der Waals surface area (Å²) >= 11 is 25.0. The molecule has 4 aliphatic rings. The van der Waals surface area contributed by atoms with Crippen molar-refractivity contribution in [3.8, 4) is 0 Å². The lowest BCUT2D eigenvalue weighted by Crippen LogP contribution is -2.61. The van der Waals surface area contributed by atoms with Crippen LogP contribution in [0.3, 0.4) is 0 Å². The Hall–Kier alpha value is -3.41. The number of halogens is 6. The van der Waals surface area contributed by atoms with Gasteiger partial charge in [0.2, 0.25) is 0 Å². The summed E-state index contributed by atoms with van der Waals surface area (Å²) in [5.74, 6) is -0.764. The molecule has 16 heteroatoms. The van der Waals surface area contributed by atoms with Gasteiger partial charge in [0.1, 0.15) is 35.0 Å². The van der Waals surface area contributed by atoms with Gasteiger partial charge in [0, 0.05) is 22.9 Å². The Morgan fingerprint density at radius 2 is 0.949 bits per heavy atom. The molecule has 4 aromatic carbocycles. The molecule has 4 fully saturated rings. The van der Waals surface area contributed by atoms with Gasteiger partial charge in [0.15, 0.2) is 16.6 Å². The first-order valence-electron chi connectivity index (χ1n) is 27.3. The summed E-state index contributed by atoms with van der Waals surface area (Å²) in [4.78, 5) is 32.8. The number of carbonyl (C=O) groups excluding carboxylic acids is 2. The molecule has 0 bridgehead atoms. The summed E-state index contributed by atoms with van der Waals surface area (Å²) in [7, 11) is -4.22. The molecule has 2 amide bonds. The van der Waals surface area contributed by atoms with E-state index in [0.29, 0.717) is 59.1 Å². The maximum Gasteiger partial charge on any atom is 0.255 e. The third kappa shape index (κ3) is 13.7. The van der Waals surface area contributed by atoms with Crippen molar-refractivity contribution < 1.29 is 36.7 Å². The SMILES string of the molecule is C=CC[C@@]1(C)O[C@H](c2cccc(Cl)c2)[C@@H](c2ccc(Cl)c(F)c2)N([C@H](CO[Si](C)(C)C(C)(C)C)C2CC2)C1=O.C=CC[C@]1(C)O[C@H](c2cccc(Cl)c2)[C@@H](c2ccc(Cl)c(F)c2)N([C@H](CO[Si](C)(C)C(C)(C)C)C2CC2)C1=O. The molecule has 4 aromatic rings. The standard InChI is InChI=1S/2C31H40Cl2FNO3Si/c2*1-8-16-31(5)29(36)35(26(20-12-13-20)19-37-39(6,7)30(2,3)4)27(21-14-15-24(33)25(34)18-21)28(38-31)22-10-9-11-23(32)17-22/h2*8-11,14-15,17-18,20,26-28H,1,12-13,16,19H2,2-7H3/t26-,27-,28-,31+;26-,27-,28-,31-/m11/s1. The smallest absolute Gasteiger partial charge is 0.255 e. The van der Waals surface area contributed by atoms with Crippen LogP contribution < -0.4 is 0 Å². The largest absolute Gasteiger partial charge is 0.415 e. The van der Waals surface area contributed by atoms with E-state index in [-0.39, 0.29) is 44.0 Å². The Morgan fingerprint density at radius 3 is 1.23 bits per heavy atom. The first-order valence-corrected chi connectivity index (χ1v) is 34.6. The minimum absolute atomic E-state index is 0.0233. The second-order valence-corrected chi connectivity index (χ2v) is 36.6. The van der Waals surface area contributed by atoms with Gasteiger partial charge in [-0.25, -0.2) is 8.78 Å². The van der Waals surface area contributed by atoms with E-state index >= 15 is 0 Å². The van der Waals surface area contributed by atoms with Crippen LogP contribution in [0, 0.1) is 23.5 Å². The molecular formula is C62H80Cl4F2N2O6Si2. The van der Waals surface area contributed by atoms with E-state index < -0.39 is 63.8 Å². The summed E-state index contributed by atoms with van der Waals surface area (Å²) < 4.78 is 56.6. The molecule has 0 spiro atoms. The lowest BCUT2D eigenvalue weighted by Gasteiger charge is -2.52. The number of amides is 2. The second kappa shape index (κ2) is 24.2. The number of morpholine rings is 2. The van der Waals surface area contributed by atoms with Gasteiger partial charge in [-0.1, -0.05) is 136 Å². The molecule has 78 heavy (non-hydrogen) atoms. The highest BCUT2D eigenvalue weighted by Crippen LogP contribution is 2.53. The monoisotopic (exact) mass is 1180 g/mol. The molecule has 424 valence electrons. The fourth-order valence-electron chi connectivity index (χ4n) is 10.2. The van der Waals surface area contributed by atoms with Gasteiger partial charge < -0.3 is 28.1 Å². The third-order valence-corrected chi connectivity index (χ3v) is 27.3. The van der Waals surface area contributed by atoms with Gasteiger partial charge in [-0.05, 0) is 158 Å². The van der Waals surface area contributed by atoms with Crippen LogP contribution in [0.5, 0.6) is 0 Å². The molecule has 8 rings (SSSR count). The molecule has 0 unspecified atom stereocenters. The quantitative estimate of drug-likeness (QED) is 0.0730. The van der Waals surface area contributed by atoms with Crippen molar-refractivity contribution in [2.24, 2.45) is 11.8 Å². The van der Waals surface area contributed by atoms with Gasteiger partial charge in [-0.3, -0.25) is 9.59 Å². The number of carbonyl (C=O) groups is 2. The van der Waals surface area contributed by atoms with Crippen LogP contribution in [-0.2, 0) is 27.9 Å². The molecule has 0 aromatic heterocycles. The maximum atomic E-state index is 14.9. The molecule has 2 heterocycles. The minimum Gasteiger partial charge on any atom is -0.415 e. The molecular weight excluding hydrogens is 1100 g/mol. The molecule has 0 N–H and O–H groups in total. The van der Waals surface area contributed by atoms with Crippen molar-refractivity contribution in [3.05, 3.63) is 164 Å². The average Bonchev–Trinajstić information content (AvgIpc) is 4.40. The van der Waals surface area contributed by atoms with E-state index in [0.717, 1.165) is 36.8 Å². The molecule has 2 saturated carbocycles. The molecule has 2 aliphatic carbocycles. The highest BCUT2D eigenvalue weighted by molar-refractivity contribution is 6.74. The van der Waals surface area contributed by atoms with Crippen LogP contribution in [0.25, 0.3) is 0 Å². The normalized spacial score (nSPS) is 25.1. The van der Waals surface area contributed by atoms with Crippen LogP contribution in [0.15, 0.2) is 110 Å². The number of ether oxygens (including phenoxy) is 2. The van der Waals surface area contributed by atoms with E-state index in [2.05, 4.69) is 80.9 Å². The van der Waals surface area contributed by atoms with E-state index in [1.165, 1.54) is 12.1 Å². The highest BCUT2D eigenvalue weighted by atomic mass is 35.5. The van der Waals surface area contributed by atoms with Crippen molar-refractivity contribution in [2.45, 2.75) is 178 Å². The van der Waals surface area contributed by atoms with E-state index in [1.807, 2.05) is 60.0 Å². The Labute approximate surface area is 485 Å². The summed E-state index contributed by atoms with van der Waals surface area (Å²) in [5.41, 5.74) is 0.564. The van der Waals surface area contributed by atoms with Gasteiger partial charge in [-0.2, -0.15) is 0 Å². The van der Waals surface area contributed by atoms with Crippen molar-refractivity contribution >= 4 is 74.9 Å². The Kier molecular flexibility index (Phi) is 19.3. The van der Waals surface area contributed by atoms with Gasteiger partial charge in [0.25, 0.3) is 11.8 Å². The first kappa shape index (κ1) is 62.2. The van der Waals surface area contributed by atoms with Crippen LogP contribution in [0.2, 0.25) is 56.4 Å². The highest BCUT2D eigenvalue weighted by Gasteiger charge is 2.57. The Morgan fingerprint density at radius 1 is 0.603 bits per heavy atom. The average molecular weight is 1190 g/mol. The van der Waals surface area contributed by atoms with E-state index in [1.54, 1.807) is 48.6 Å². The molecule has 2 aliphatic heterocycles. The predicted molar refractivity (Wildman–Crippen MR) is 318 cm³/mol. The van der Waals surface area contributed by atoms with Gasteiger partial charge in [0.05, 0.1) is 47.4 Å². The number of hydrogen-bond donors (Lipinski definition) is 0. The zero-order valence-corrected chi connectivity index (χ0v) is 52.6. The fraction of sp³-hybridized carbons (Fsp3) is 0.516. The Balaban J connectivity index is 0.000000226. The number of benzene rings is 4. The van der Waals surface area contributed by atoms with Crippen LogP contribution in [0.1, 0.15) is 140 Å². The predicted octanol–water partition coefficient (Wildman–Crippen LogP) is 17.8. The molecule has 8 nitrogen and oxygen atoms in total. The Bertz CT molecular complexity index is 2650. The first-order chi connectivity index (χ1) is 36.4. The van der Waals surface area contributed by atoms with E-state index in [4.69, 9.17) is 64.7 Å². The lowest BCUT2D eigenvalue weighted by molar-refractivity contribution is -0.204. The maximum absolute atomic E-state index is 14.9. The summed E-state index contributed by atoms with van der Waals surface area (Å²) in [6.07, 6.45) is 6.95. The molecule has 2 saturated heterocycles. The number of rotatable bonds is 18. The van der Waals surface area contributed by atoms with Crippen molar-refractivity contribution in [2.75, 3.05) is 13.2 Å². The topological polar surface area (TPSA) is 77.5 Å². The zero-order valence-electron chi connectivity index (χ0n) is 47.5. The van der Waals surface area contributed by atoms with Gasteiger partial charge in [-0.15, -0.1) is 13.2 Å². The summed E-state index contributed by atoms with van der Waals surface area (Å²) in [6, 6.07) is 22.8. The number of hydrogen-bond acceptors (Lipinski definition) is 6. The van der Waals surface area contributed by atoms with Crippen LogP contribution in [0.4, 0.5) is 8.78 Å². The molecule has 8 atom stereocenters. The van der Waals surface area contributed by atoms with Crippen molar-refractivity contribution in [3.63, 3.8) is 0 Å². The van der Waals surface area contributed by atoms with Gasteiger partial charge >= 0.3 is 0 Å². The minimum atomic E-state index is -2.11. The van der Waals surface area contributed by atoms with Crippen LogP contribution in [-0.4, -0.2) is 74.7 Å². The van der Waals surface area contributed by atoms with Crippen molar-refractivity contribution in [1.82, 2.24) is 9.80 Å². The second-order valence-electron chi connectivity index (χ2n) is 25.2. The summed E-state index contributed by atoms with van der Waals surface area (Å²) in [6.45, 7) is 34.4. The molecule has 0 radical (unpaired) electrons. The van der Waals surface area contributed by atoms with E-state index in [9.17, 15) is 18.4 Å². The summed E-state index contributed by atoms with van der Waals surface area (Å²) in [5, 5.41) is 1.23. The fourth-order valence-corrected chi connectivity index (χ4v) is 12.9.